The molecule has 0 fully saturated rings. The minimum atomic E-state index is -2.09. The first-order valence-electron chi connectivity index (χ1n) is 18.8. The quantitative estimate of drug-likeness (QED) is 0.126. The Hall–Kier alpha value is -4.39. The molecule has 0 saturated carbocycles. The van der Waals surface area contributed by atoms with Crippen LogP contribution in [0.25, 0.3) is 65.3 Å². The SMILES string of the molecule is Cc1c(O[Si](C)(C)C(C)(C)C)c2ccccc2c2ccc(-c3ccc(-c4ccc5c(c4)c(O[Si](C)(C)C(C)(C)C)c(C)c4ccccc45)cc3)cc12. The second-order valence-electron chi connectivity index (χ2n) is 17.8. The minimum absolute atomic E-state index is 0.0958. The molecule has 0 aliphatic heterocycles. The van der Waals surface area contributed by atoms with Crippen LogP contribution in [0.15, 0.2) is 109 Å². The van der Waals surface area contributed by atoms with Crippen molar-refractivity contribution < 1.29 is 8.85 Å². The fraction of sp³-hybridized carbons (Fsp3) is 0.292. The average molecular weight is 719 g/mol. The summed E-state index contributed by atoms with van der Waals surface area (Å²) in [7, 11) is -4.15. The van der Waals surface area contributed by atoms with Gasteiger partial charge in [-0.2, -0.15) is 0 Å². The highest BCUT2D eigenvalue weighted by atomic mass is 28.4. The molecule has 0 radical (unpaired) electrons. The molecule has 7 aromatic carbocycles. The molecule has 266 valence electrons. The van der Waals surface area contributed by atoms with Crippen molar-refractivity contribution in [3.8, 4) is 33.8 Å². The van der Waals surface area contributed by atoms with Gasteiger partial charge in [-0.1, -0.05) is 139 Å². The lowest BCUT2D eigenvalue weighted by Crippen LogP contribution is -2.44. The van der Waals surface area contributed by atoms with Gasteiger partial charge in [0.2, 0.25) is 0 Å². The predicted molar refractivity (Wildman–Crippen MR) is 232 cm³/mol. The molecule has 2 nitrogen and oxygen atoms in total. The molecular weight excluding hydrogens is 665 g/mol. The van der Waals surface area contributed by atoms with Crippen LogP contribution in [0.4, 0.5) is 0 Å². The van der Waals surface area contributed by atoms with E-state index in [2.05, 4.69) is 191 Å². The summed E-state index contributed by atoms with van der Waals surface area (Å²) in [5.74, 6) is 2.08. The molecule has 7 rings (SSSR count). The van der Waals surface area contributed by atoms with E-state index in [0.717, 1.165) is 11.5 Å². The largest absolute Gasteiger partial charge is 0.543 e. The van der Waals surface area contributed by atoms with Gasteiger partial charge in [0, 0.05) is 10.8 Å². The van der Waals surface area contributed by atoms with Crippen LogP contribution in [0.1, 0.15) is 52.7 Å². The summed E-state index contributed by atoms with van der Waals surface area (Å²) in [5.41, 5.74) is 7.24. The smallest absolute Gasteiger partial charge is 0.250 e. The summed E-state index contributed by atoms with van der Waals surface area (Å²) >= 11 is 0. The molecule has 0 atom stereocenters. The number of hydrogen-bond acceptors (Lipinski definition) is 2. The van der Waals surface area contributed by atoms with E-state index in [-0.39, 0.29) is 10.1 Å². The molecule has 7 aromatic rings. The van der Waals surface area contributed by atoms with Crippen LogP contribution in [0.3, 0.4) is 0 Å². The van der Waals surface area contributed by atoms with Gasteiger partial charge in [0.25, 0.3) is 16.6 Å². The third kappa shape index (κ3) is 6.14. The molecule has 0 amide bonds. The molecule has 0 bridgehead atoms. The van der Waals surface area contributed by atoms with E-state index in [4.69, 9.17) is 8.85 Å². The summed E-state index contributed by atoms with van der Waals surface area (Å²) in [6.07, 6.45) is 0. The van der Waals surface area contributed by atoms with Gasteiger partial charge >= 0.3 is 0 Å². The predicted octanol–water partition coefficient (Wildman–Crippen LogP) is 15.0. The molecule has 4 heteroatoms. The first-order valence-corrected chi connectivity index (χ1v) is 24.6. The van der Waals surface area contributed by atoms with Crippen LogP contribution in [0.5, 0.6) is 11.5 Å². The molecule has 0 saturated heterocycles. The van der Waals surface area contributed by atoms with Crippen molar-refractivity contribution in [3.05, 3.63) is 120 Å². The Balaban J connectivity index is 1.31. The van der Waals surface area contributed by atoms with Crippen molar-refractivity contribution >= 4 is 59.7 Å². The average Bonchev–Trinajstić information content (AvgIpc) is 3.10. The summed E-state index contributed by atoms with van der Waals surface area (Å²) in [5, 5.41) is 10.1. The molecule has 0 spiro atoms. The molecule has 0 aliphatic rings. The monoisotopic (exact) mass is 718 g/mol. The van der Waals surface area contributed by atoms with Gasteiger partial charge in [-0.25, -0.2) is 0 Å². The second-order valence-corrected chi connectivity index (χ2v) is 27.3. The van der Waals surface area contributed by atoms with Gasteiger partial charge in [0.05, 0.1) is 0 Å². The van der Waals surface area contributed by atoms with Gasteiger partial charge in [-0.3, -0.25) is 0 Å². The third-order valence-corrected chi connectivity index (χ3v) is 21.0. The highest BCUT2D eigenvalue weighted by Crippen LogP contribution is 2.46. The molecule has 0 heterocycles. The van der Waals surface area contributed by atoms with E-state index >= 15 is 0 Å². The summed E-state index contributed by atoms with van der Waals surface area (Å²) in [6, 6.07) is 40.4. The molecule has 0 unspecified atom stereocenters. The second kappa shape index (κ2) is 12.6. The summed E-state index contributed by atoms with van der Waals surface area (Å²) < 4.78 is 14.2. The van der Waals surface area contributed by atoms with E-state index in [1.807, 2.05) is 0 Å². The van der Waals surface area contributed by atoms with Gasteiger partial charge in [0.1, 0.15) is 11.5 Å². The van der Waals surface area contributed by atoms with E-state index in [9.17, 15) is 0 Å². The summed E-state index contributed by atoms with van der Waals surface area (Å²) in [6.45, 7) is 27.7. The van der Waals surface area contributed by atoms with E-state index in [1.54, 1.807) is 0 Å². The Morgan fingerprint density at radius 1 is 0.365 bits per heavy atom. The summed E-state index contributed by atoms with van der Waals surface area (Å²) in [4.78, 5) is 0. The van der Waals surface area contributed by atoms with Crippen LogP contribution >= 0.6 is 0 Å². The standard InChI is InChI=1S/C48H54O2Si2/c1-31-37-17-13-14-18-38(37)41-28-26-36(30-44(41)46(31)50-52(11,12)48(6,7)8)34-23-21-33(22-24-34)35-25-27-40-39-19-15-16-20-42(39)45(32(2)43(40)29-35)49-51(9,10)47(3,4)5/h13-30H,1-12H3. The lowest BCUT2D eigenvalue weighted by atomic mass is 9.92. The van der Waals surface area contributed by atoms with Gasteiger partial charge in [-0.15, -0.1) is 0 Å². The van der Waals surface area contributed by atoms with Crippen molar-refractivity contribution in [1.29, 1.82) is 0 Å². The normalized spacial score (nSPS) is 13.0. The molecule has 0 N–H and O–H groups in total. The number of benzene rings is 7. The highest BCUT2D eigenvalue weighted by molar-refractivity contribution is 6.75. The fourth-order valence-electron chi connectivity index (χ4n) is 6.96. The first kappa shape index (κ1) is 36.0. The molecule has 0 aromatic heterocycles. The maximum Gasteiger partial charge on any atom is 0.250 e. The lowest BCUT2D eigenvalue weighted by Gasteiger charge is -2.37. The van der Waals surface area contributed by atoms with Crippen LogP contribution in [-0.4, -0.2) is 16.6 Å². The maximum absolute atomic E-state index is 7.14. The third-order valence-electron chi connectivity index (χ3n) is 12.3. The van der Waals surface area contributed by atoms with Gasteiger partial charge < -0.3 is 8.85 Å². The van der Waals surface area contributed by atoms with Crippen LogP contribution < -0.4 is 8.85 Å². The van der Waals surface area contributed by atoms with E-state index in [0.29, 0.717) is 0 Å². The van der Waals surface area contributed by atoms with Crippen molar-refractivity contribution in [1.82, 2.24) is 0 Å². The van der Waals surface area contributed by atoms with Crippen LogP contribution in [0, 0.1) is 13.8 Å². The van der Waals surface area contributed by atoms with E-state index in [1.165, 1.54) is 76.5 Å². The Morgan fingerprint density at radius 3 is 1.17 bits per heavy atom. The molecule has 0 aliphatic carbocycles. The minimum Gasteiger partial charge on any atom is -0.543 e. The van der Waals surface area contributed by atoms with E-state index < -0.39 is 16.6 Å². The number of fused-ring (bicyclic) bond motifs is 6. The zero-order valence-corrected chi connectivity index (χ0v) is 35.2. The number of rotatable bonds is 6. The Morgan fingerprint density at radius 2 is 0.692 bits per heavy atom. The fourth-order valence-corrected chi connectivity index (χ4v) is 9.12. The zero-order valence-electron chi connectivity index (χ0n) is 33.2. The Kier molecular flexibility index (Phi) is 8.75. The lowest BCUT2D eigenvalue weighted by molar-refractivity contribution is 0.494. The Labute approximate surface area is 313 Å². The van der Waals surface area contributed by atoms with Crippen LogP contribution in [-0.2, 0) is 0 Å². The highest BCUT2D eigenvalue weighted by Gasteiger charge is 2.41. The number of aryl methyl sites for hydroxylation is 2. The van der Waals surface area contributed by atoms with Gasteiger partial charge in [-0.05, 0) is 128 Å². The van der Waals surface area contributed by atoms with Crippen molar-refractivity contribution in [2.75, 3.05) is 0 Å². The van der Waals surface area contributed by atoms with Crippen molar-refractivity contribution in [2.45, 2.75) is 91.7 Å². The zero-order chi connectivity index (χ0) is 37.4. The molecule has 52 heavy (non-hydrogen) atoms. The maximum atomic E-state index is 7.14. The van der Waals surface area contributed by atoms with Crippen molar-refractivity contribution in [3.63, 3.8) is 0 Å². The first-order chi connectivity index (χ1) is 24.4. The number of hydrogen-bond donors (Lipinski definition) is 0. The van der Waals surface area contributed by atoms with Crippen LogP contribution in [0.2, 0.25) is 36.3 Å². The van der Waals surface area contributed by atoms with Crippen molar-refractivity contribution in [2.24, 2.45) is 0 Å². The Bertz CT molecular complexity index is 2490. The van der Waals surface area contributed by atoms with Gasteiger partial charge in [0.15, 0.2) is 0 Å². The topological polar surface area (TPSA) is 18.5 Å². The molecular formula is C48H54O2Si2.